The van der Waals surface area contributed by atoms with Crippen LogP contribution in [0.15, 0.2) is 48.6 Å². The number of likely N-dealkylation sites (N-methyl/N-ethyl adjacent to an activating group) is 2. The van der Waals surface area contributed by atoms with Crippen LogP contribution in [0.1, 0.15) is 31.0 Å². The number of hydrogen-bond donors (Lipinski definition) is 2. The van der Waals surface area contributed by atoms with Gasteiger partial charge < -0.3 is 29.5 Å². The van der Waals surface area contributed by atoms with Gasteiger partial charge in [0.15, 0.2) is 0 Å². The van der Waals surface area contributed by atoms with E-state index in [9.17, 15) is 4.79 Å². The van der Waals surface area contributed by atoms with Gasteiger partial charge in [-0.1, -0.05) is 35.9 Å². The molecule has 2 N–H and O–H groups in total. The van der Waals surface area contributed by atoms with E-state index in [2.05, 4.69) is 63.6 Å². The number of aromatic nitrogens is 2. The van der Waals surface area contributed by atoms with Crippen molar-refractivity contribution < 1.29 is 14.3 Å². The Labute approximate surface area is 264 Å². The molecule has 10 nitrogen and oxygen atoms in total. The molecule has 0 spiro atoms. The van der Waals surface area contributed by atoms with E-state index < -0.39 is 0 Å². The average Bonchev–Trinajstić information content (AvgIpc) is 3.64. The summed E-state index contributed by atoms with van der Waals surface area (Å²) in [5, 5.41) is 9.16. The second-order valence-electron chi connectivity index (χ2n) is 12.0. The van der Waals surface area contributed by atoms with Gasteiger partial charge in [-0.3, -0.25) is 10.1 Å². The summed E-state index contributed by atoms with van der Waals surface area (Å²) in [4.78, 5) is 29.1. The Morgan fingerprint density at radius 2 is 2.09 bits per heavy atom. The maximum absolute atomic E-state index is 12.4. The molecule has 11 heteroatoms. The molecule has 2 fully saturated rings. The Morgan fingerprint density at radius 3 is 2.86 bits per heavy atom. The number of fused-ring (bicyclic) bond motifs is 2. The number of anilines is 2. The number of nitrogens with one attached hydrogen (secondary N) is 2. The minimum Gasteiger partial charge on any atom is -0.462 e. The molecule has 234 valence electrons. The fourth-order valence-corrected chi connectivity index (χ4v) is 6.58. The minimum atomic E-state index is -0.224. The highest BCUT2D eigenvalue weighted by Gasteiger charge is 2.27. The van der Waals surface area contributed by atoms with Crippen molar-refractivity contribution in [2.24, 2.45) is 0 Å². The van der Waals surface area contributed by atoms with Gasteiger partial charge in [-0.05, 0) is 63.4 Å². The molecule has 3 aromatic rings. The molecule has 6 rings (SSSR count). The molecule has 0 saturated carbocycles. The molecule has 1 amide bonds. The predicted octanol–water partition coefficient (Wildman–Crippen LogP) is 3.76. The first-order valence-corrected chi connectivity index (χ1v) is 15.9. The van der Waals surface area contributed by atoms with Gasteiger partial charge in [-0.15, -0.1) is 0 Å². The molecule has 0 radical (unpaired) electrons. The molecule has 0 bridgehead atoms. The van der Waals surface area contributed by atoms with Crippen molar-refractivity contribution in [3.8, 4) is 6.01 Å². The summed E-state index contributed by atoms with van der Waals surface area (Å²) in [5.41, 5.74) is 3.17. The van der Waals surface area contributed by atoms with E-state index in [-0.39, 0.29) is 18.2 Å². The number of ether oxygens (including phenoxy) is 2. The molecule has 2 saturated heterocycles. The molecule has 3 aliphatic rings. The van der Waals surface area contributed by atoms with Crippen molar-refractivity contribution in [1.29, 1.82) is 0 Å². The van der Waals surface area contributed by atoms with E-state index in [1.807, 2.05) is 19.2 Å². The van der Waals surface area contributed by atoms with Crippen molar-refractivity contribution in [2.45, 2.75) is 51.0 Å². The second kappa shape index (κ2) is 13.7. The molecular formula is C33H42ClN7O3. The number of halogens is 1. The van der Waals surface area contributed by atoms with Gasteiger partial charge in [-0.25, -0.2) is 0 Å². The zero-order valence-corrected chi connectivity index (χ0v) is 26.5. The Morgan fingerprint density at radius 1 is 1.25 bits per heavy atom. The number of amides is 1. The van der Waals surface area contributed by atoms with Crippen LogP contribution in [0.5, 0.6) is 6.01 Å². The monoisotopic (exact) mass is 619 g/mol. The summed E-state index contributed by atoms with van der Waals surface area (Å²) >= 11 is 6.69. The van der Waals surface area contributed by atoms with Gasteiger partial charge in [0.2, 0.25) is 5.91 Å². The number of rotatable bonds is 10. The smallest absolute Gasteiger partial charge is 0.318 e. The minimum absolute atomic E-state index is 0.151. The highest BCUT2D eigenvalue weighted by atomic mass is 35.5. The highest BCUT2D eigenvalue weighted by Crippen LogP contribution is 2.36. The highest BCUT2D eigenvalue weighted by molar-refractivity contribution is 6.36. The Balaban J connectivity index is 1.19. The van der Waals surface area contributed by atoms with Crippen molar-refractivity contribution in [3.63, 3.8) is 0 Å². The van der Waals surface area contributed by atoms with Crippen LogP contribution in [0.2, 0.25) is 5.02 Å². The van der Waals surface area contributed by atoms with E-state index >= 15 is 0 Å². The molecule has 3 atom stereocenters. The SMILES string of the molecule is CC1COC(/C=C/C(=O)NCCN(C)c2nc(OC[C@@H]3CCCN3C)nc3c2CCN(c2cccc4cccc(Cl)c24)C3)N1. The van der Waals surface area contributed by atoms with Gasteiger partial charge in [0.05, 0.1) is 23.9 Å². The quantitative estimate of drug-likeness (QED) is 0.329. The lowest BCUT2D eigenvalue weighted by molar-refractivity contribution is -0.116. The topological polar surface area (TPSA) is 95.1 Å². The van der Waals surface area contributed by atoms with E-state index in [1.54, 1.807) is 6.08 Å². The molecule has 44 heavy (non-hydrogen) atoms. The molecule has 4 heterocycles. The molecular weight excluding hydrogens is 578 g/mol. The number of benzene rings is 2. The van der Waals surface area contributed by atoms with Crippen molar-refractivity contribution in [1.82, 2.24) is 25.5 Å². The van der Waals surface area contributed by atoms with Crippen LogP contribution in [-0.2, 0) is 22.5 Å². The van der Waals surface area contributed by atoms with Gasteiger partial charge in [0.1, 0.15) is 18.7 Å². The van der Waals surface area contributed by atoms with Crippen LogP contribution < -0.4 is 25.2 Å². The Kier molecular flexibility index (Phi) is 9.51. The number of nitrogens with zero attached hydrogens (tertiary/aromatic N) is 5. The van der Waals surface area contributed by atoms with E-state index in [1.165, 1.54) is 12.5 Å². The largest absolute Gasteiger partial charge is 0.462 e. The van der Waals surface area contributed by atoms with Crippen LogP contribution in [0, 0.1) is 0 Å². The fourth-order valence-electron chi connectivity index (χ4n) is 6.30. The van der Waals surface area contributed by atoms with Crippen LogP contribution in [-0.4, -0.2) is 92.6 Å². The van der Waals surface area contributed by atoms with Crippen LogP contribution in [0.25, 0.3) is 10.8 Å². The molecule has 1 aromatic heterocycles. The lowest BCUT2D eigenvalue weighted by Gasteiger charge is -2.33. The van der Waals surface area contributed by atoms with Gasteiger partial charge in [0, 0.05) is 61.5 Å². The van der Waals surface area contributed by atoms with Crippen LogP contribution in [0.3, 0.4) is 0 Å². The Bertz CT molecular complexity index is 1510. The van der Waals surface area contributed by atoms with E-state index in [4.69, 9.17) is 31.0 Å². The third kappa shape index (κ3) is 6.94. The molecule has 3 aliphatic heterocycles. The van der Waals surface area contributed by atoms with Gasteiger partial charge in [0.25, 0.3) is 0 Å². The number of hydrogen-bond acceptors (Lipinski definition) is 9. The van der Waals surface area contributed by atoms with E-state index in [0.717, 1.165) is 64.5 Å². The van der Waals surface area contributed by atoms with E-state index in [0.29, 0.717) is 44.9 Å². The Hall–Kier alpha value is -3.44. The first kappa shape index (κ1) is 30.6. The summed E-state index contributed by atoms with van der Waals surface area (Å²) in [7, 11) is 4.15. The van der Waals surface area contributed by atoms with Crippen LogP contribution in [0.4, 0.5) is 11.5 Å². The summed E-state index contributed by atoms with van der Waals surface area (Å²) in [6.45, 7) is 6.83. The summed E-state index contributed by atoms with van der Waals surface area (Å²) in [5.74, 6) is 0.699. The average molecular weight is 620 g/mol. The first-order chi connectivity index (χ1) is 21.4. The lowest BCUT2D eigenvalue weighted by atomic mass is 10.0. The zero-order chi connectivity index (χ0) is 30.6. The molecule has 2 aromatic carbocycles. The summed E-state index contributed by atoms with van der Waals surface area (Å²) < 4.78 is 11.8. The standard InChI is InChI=1S/C33H42ClN7O3/c1-22-20-43-30(36-22)13-12-29(42)35-15-18-40(3)32-25-14-17-41(28-11-5-8-23-7-4-10-26(34)31(23)28)19-27(25)37-33(38-32)44-21-24-9-6-16-39(24)2/h4-5,7-8,10-13,22,24,30,36H,6,9,14-21H2,1-3H3,(H,35,42)/b13-12+/t22?,24-,30?/m0/s1. The fraction of sp³-hybridized carbons (Fsp3) is 0.485. The third-order valence-corrected chi connectivity index (χ3v) is 9.09. The van der Waals surface area contributed by atoms with Gasteiger partial charge >= 0.3 is 6.01 Å². The van der Waals surface area contributed by atoms with Gasteiger partial charge in [-0.2, -0.15) is 9.97 Å². The molecule has 2 unspecified atom stereocenters. The first-order valence-electron chi connectivity index (χ1n) is 15.6. The normalized spacial score (nSPS) is 22.1. The van der Waals surface area contributed by atoms with Crippen molar-refractivity contribution >= 4 is 39.8 Å². The third-order valence-electron chi connectivity index (χ3n) is 8.78. The molecule has 0 aliphatic carbocycles. The summed E-state index contributed by atoms with van der Waals surface area (Å²) in [6.07, 6.45) is 6.13. The lowest BCUT2D eigenvalue weighted by Crippen LogP contribution is -2.36. The van der Waals surface area contributed by atoms with Crippen molar-refractivity contribution in [2.75, 3.05) is 63.3 Å². The number of carbonyl (C=O) groups excluding carboxylic acids is 1. The maximum atomic E-state index is 12.4. The maximum Gasteiger partial charge on any atom is 0.318 e. The van der Waals surface area contributed by atoms with Crippen molar-refractivity contribution in [3.05, 3.63) is 64.8 Å². The predicted molar refractivity (Wildman–Crippen MR) is 175 cm³/mol. The number of carbonyl (C=O) groups is 1. The number of likely N-dealkylation sites (tertiary alicyclic amines) is 1. The zero-order valence-electron chi connectivity index (χ0n) is 25.8. The second-order valence-corrected chi connectivity index (χ2v) is 12.4. The van der Waals surface area contributed by atoms with Crippen LogP contribution >= 0.6 is 11.6 Å². The summed E-state index contributed by atoms with van der Waals surface area (Å²) in [6, 6.07) is 13.4.